The van der Waals surface area contributed by atoms with Gasteiger partial charge in [0.25, 0.3) is 5.91 Å². The first-order chi connectivity index (χ1) is 10.6. The first-order valence-corrected chi connectivity index (χ1v) is 6.33. The Morgan fingerprint density at radius 2 is 2.05 bits per heavy atom. The molecule has 0 saturated heterocycles. The molecule has 1 aliphatic heterocycles. The predicted octanol–water partition coefficient (Wildman–Crippen LogP) is 2.79. The average molecular weight is 304 g/mol. The largest absolute Gasteiger partial charge is 0.486 e. The predicted molar refractivity (Wildman–Crippen MR) is 74.6 cm³/mol. The Bertz CT molecular complexity index is 790. The number of halogens is 2. The first kappa shape index (κ1) is 14.0. The summed E-state index contributed by atoms with van der Waals surface area (Å²) in [5.41, 5.74) is 1.16. The Kier molecular flexibility index (Phi) is 3.46. The van der Waals surface area contributed by atoms with E-state index in [1.807, 2.05) is 0 Å². The normalized spacial score (nSPS) is 14.5. The number of hydrogen-bond donors (Lipinski definition) is 2. The number of rotatable bonds is 2. The SMILES string of the molecule is O=C(Nc1ccc(F)c(F)c1)c1cccc2c1OCC2=NO. The molecule has 1 heterocycles. The van der Waals surface area contributed by atoms with Crippen LogP contribution in [0.3, 0.4) is 0 Å². The third kappa shape index (κ3) is 2.37. The highest BCUT2D eigenvalue weighted by Gasteiger charge is 2.25. The number of carbonyl (C=O) groups is 1. The van der Waals surface area contributed by atoms with Gasteiger partial charge in [0.2, 0.25) is 0 Å². The molecule has 0 radical (unpaired) electrons. The fraction of sp³-hybridized carbons (Fsp3) is 0.0667. The quantitative estimate of drug-likeness (QED) is 0.662. The summed E-state index contributed by atoms with van der Waals surface area (Å²) in [4.78, 5) is 12.3. The molecule has 2 aromatic carbocycles. The van der Waals surface area contributed by atoms with E-state index in [1.54, 1.807) is 12.1 Å². The summed E-state index contributed by atoms with van der Waals surface area (Å²) >= 11 is 0. The van der Waals surface area contributed by atoms with Gasteiger partial charge in [0.05, 0.1) is 5.56 Å². The second kappa shape index (κ2) is 5.44. The third-order valence-electron chi connectivity index (χ3n) is 3.22. The van der Waals surface area contributed by atoms with Crippen LogP contribution in [-0.4, -0.2) is 23.4 Å². The Morgan fingerprint density at radius 3 is 2.77 bits per heavy atom. The van der Waals surface area contributed by atoms with E-state index >= 15 is 0 Å². The van der Waals surface area contributed by atoms with E-state index in [2.05, 4.69) is 10.5 Å². The smallest absolute Gasteiger partial charge is 0.259 e. The van der Waals surface area contributed by atoms with Crippen LogP contribution in [0.15, 0.2) is 41.6 Å². The molecule has 2 N–H and O–H groups in total. The standard InChI is InChI=1S/C15H10F2N2O3/c16-11-5-4-8(6-12(11)17)18-15(20)10-3-1-2-9-13(19-21)7-22-14(9)10/h1-6,21H,7H2,(H,18,20). The number of benzene rings is 2. The molecule has 7 heteroatoms. The highest BCUT2D eigenvalue weighted by atomic mass is 19.2. The van der Waals surface area contributed by atoms with Crippen LogP contribution in [0.25, 0.3) is 0 Å². The van der Waals surface area contributed by atoms with Crippen molar-refractivity contribution in [3.05, 3.63) is 59.2 Å². The molecule has 0 aliphatic carbocycles. The van der Waals surface area contributed by atoms with Crippen LogP contribution in [0.1, 0.15) is 15.9 Å². The number of hydrogen-bond acceptors (Lipinski definition) is 4. The zero-order chi connectivity index (χ0) is 15.7. The number of ether oxygens (including phenoxy) is 1. The summed E-state index contributed by atoms with van der Waals surface area (Å²) in [6.07, 6.45) is 0. The Morgan fingerprint density at radius 1 is 1.23 bits per heavy atom. The van der Waals surface area contributed by atoms with Crippen LogP contribution in [0.2, 0.25) is 0 Å². The van der Waals surface area contributed by atoms with E-state index in [0.717, 1.165) is 12.1 Å². The molecule has 5 nitrogen and oxygen atoms in total. The second-order valence-electron chi connectivity index (χ2n) is 4.60. The van der Waals surface area contributed by atoms with Gasteiger partial charge in [0, 0.05) is 17.3 Å². The fourth-order valence-electron chi connectivity index (χ4n) is 2.17. The molecule has 1 aliphatic rings. The van der Waals surface area contributed by atoms with Gasteiger partial charge in [-0.25, -0.2) is 8.78 Å². The lowest BCUT2D eigenvalue weighted by Gasteiger charge is -2.08. The molecule has 0 fully saturated rings. The molecule has 0 saturated carbocycles. The maximum absolute atomic E-state index is 13.2. The highest BCUT2D eigenvalue weighted by molar-refractivity contribution is 6.12. The second-order valence-corrected chi connectivity index (χ2v) is 4.60. The number of nitrogens with zero attached hydrogens (tertiary/aromatic N) is 1. The van der Waals surface area contributed by atoms with Crippen molar-refractivity contribution in [3.8, 4) is 5.75 Å². The molecule has 0 bridgehead atoms. The van der Waals surface area contributed by atoms with Gasteiger partial charge >= 0.3 is 0 Å². The summed E-state index contributed by atoms with van der Waals surface area (Å²) in [5.74, 6) is -2.30. The molecule has 0 atom stereocenters. The van der Waals surface area contributed by atoms with Crippen LogP contribution < -0.4 is 10.1 Å². The van der Waals surface area contributed by atoms with Gasteiger partial charge in [0.15, 0.2) is 11.6 Å². The fourth-order valence-corrected chi connectivity index (χ4v) is 2.17. The summed E-state index contributed by atoms with van der Waals surface area (Å²) in [7, 11) is 0. The van der Waals surface area contributed by atoms with E-state index in [-0.39, 0.29) is 23.6 Å². The minimum Gasteiger partial charge on any atom is -0.486 e. The van der Waals surface area contributed by atoms with Gasteiger partial charge in [0.1, 0.15) is 18.1 Å². The molecular weight excluding hydrogens is 294 g/mol. The summed E-state index contributed by atoms with van der Waals surface area (Å²) < 4.78 is 31.4. The van der Waals surface area contributed by atoms with Gasteiger partial charge < -0.3 is 15.3 Å². The molecule has 112 valence electrons. The van der Waals surface area contributed by atoms with Crippen molar-refractivity contribution in [2.75, 3.05) is 11.9 Å². The zero-order valence-corrected chi connectivity index (χ0v) is 11.1. The third-order valence-corrected chi connectivity index (χ3v) is 3.22. The van der Waals surface area contributed by atoms with E-state index in [0.29, 0.717) is 11.3 Å². The minimum absolute atomic E-state index is 0.0568. The molecule has 0 aromatic heterocycles. The number of amides is 1. The lowest BCUT2D eigenvalue weighted by molar-refractivity contribution is 0.102. The Balaban J connectivity index is 1.90. The van der Waals surface area contributed by atoms with Gasteiger partial charge in [-0.15, -0.1) is 0 Å². The number of anilines is 1. The lowest BCUT2D eigenvalue weighted by atomic mass is 10.1. The summed E-state index contributed by atoms with van der Waals surface area (Å²) in [6.45, 7) is 0.0568. The van der Waals surface area contributed by atoms with Crippen LogP contribution in [0.5, 0.6) is 5.75 Å². The van der Waals surface area contributed by atoms with E-state index in [1.165, 1.54) is 12.1 Å². The van der Waals surface area contributed by atoms with Gasteiger partial charge in [-0.1, -0.05) is 11.2 Å². The molecule has 3 rings (SSSR count). The van der Waals surface area contributed by atoms with Gasteiger partial charge in [-0.05, 0) is 24.3 Å². The number of nitrogens with one attached hydrogen (secondary N) is 1. The number of fused-ring (bicyclic) bond motifs is 1. The van der Waals surface area contributed by atoms with Crippen molar-refractivity contribution in [2.45, 2.75) is 0 Å². The average Bonchev–Trinajstić information content (AvgIpc) is 2.94. The van der Waals surface area contributed by atoms with Crippen LogP contribution in [-0.2, 0) is 0 Å². The molecule has 0 spiro atoms. The molecule has 0 unspecified atom stereocenters. The van der Waals surface area contributed by atoms with Gasteiger partial charge in [-0.3, -0.25) is 4.79 Å². The van der Waals surface area contributed by atoms with Crippen molar-refractivity contribution in [2.24, 2.45) is 5.16 Å². The Hall–Kier alpha value is -2.96. The summed E-state index contributed by atoms with van der Waals surface area (Å²) in [6, 6.07) is 7.85. The lowest BCUT2D eigenvalue weighted by Crippen LogP contribution is -2.13. The monoisotopic (exact) mass is 304 g/mol. The molecule has 1 amide bonds. The van der Waals surface area contributed by atoms with Crippen LogP contribution in [0, 0.1) is 11.6 Å². The maximum Gasteiger partial charge on any atom is 0.259 e. The van der Waals surface area contributed by atoms with E-state index in [9.17, 15) is 13.6 Å². The minimum atomic E-state index is -1.05. The van der Waals surface area contributed by atoms with Crippen molar-refractivity contribution in [3.63, 3.8) is 0 Å². The van der Waals surface area contributed by atoms with E-state index < -0.39 is 17.5 Å². The molecular formula is C15H10F2N2O3. The molecule has 2 aromatic rings. The maximum atomic E-state index is 13.2. The van der Waals surface area contributed by atoms with Crippen molar-refractivity contribution in [1.82, 2.24) is 0 Å². The Labute approximate surface area is 123 Å². The van der Waals surface area contributed by atoms with Crippen LogP contribution >= 0.6 is 0 Å². The molecule has 22 heavy (non-hydrogen) atoms. The summed E-state index contributed by atoms with van der Waals surface area (Å²) in [5, 5.41) is 14.4. The highest BCUT2D eigenvalue weighted by Crippen LogP contribution is 2.30. The van der Waals surface area contributed by atoms with Crippen molar-refractivity contribution in [1.29, 1.82) is 0 Å². The van der Waals surface area contributed by atoms with Crippen molar-refractivity contribution < 1.29 is 23.5 Å². The van der Waals surface area contributed by atoms with Crippen molar-refractivity contribution >= 4 is 17.3 Å². The number of carbonyl (C=O) groups excluding carboxylic acids is 1. The zero-order valence-electron chi connectivity index (χ0n) is 11.1. The first-order valence-electron chi connectivity index (χ1n) is 6.33. The van der Waals surface area contributed by atoms with E-state index in [4.69, 9.17) is 9.94 Å². The van der Waals surface area contributed by atoms with Crippen LogP contribution in [0.4, 0.5) is 14.5 Å². The number of oxime groups is 1. The number of para-hydroxylation sites is 1. The van der Waals surface area contributed by atoms with Gasteiger partial charge in [-0.2, -0.15) is 0 Å². The topological polar surface area (TPSA) is 70.9 Å².